The van der Waals surface area contributed by atoms with E-state index in [2.05, 4.69) is 124 Å². The fourth-order valence-electron chi connectivity index (χ4n) is 25.2. The van der Waals surface area contributed by atoms with Gasteiger partial charge in [0.1, 0.15) is 25.3 Å². The van der Waals surface area contributed by atoms with E-state index in [1.807, 2.05) is 0 Å². The first-order chi connectivity index (χ1) is 36.1. The van der Waals surface area contributed by atoms with Gasteiger partial charge in [-0.2, -0.15) is 0 Å². The van der Waals surface area contributed by atoms with Crippen LogP contribution >= 0.6 is 0 Å². The van der Waals surface area contributed by atoms with Gasteiger partial charge in [0.2, 0.25) is 0 Å². The summed E-state index contributed by atoms with van der Waals surface area (Å²) in [6, 6.07) is 0. The number of likely N-dealkylation sites (N-methyl/N-ethyl adjacent to an activating group) is 2. The van der Waals surface area contributed by atoms with Gasteiger partial charge in [-0.3, -0.25) is 0 Å². The SMILES string of the molecule is C=C(C)[C@@H]1CC[C@@]2(C[O-])CC[C@]3(C)C(CCC4[C@@]5(C)CC[C@H](OC(=O)C[N+](C)(C)CC[N+](C)(C)CC(=O)O[C@H]6CC[C@@]7(C)C(CC[C@]8(C)C7CCC7C9[C@H](C(=C)C)CC[C@@]9(C[O-])CC[C@]78C)C6(C)C)C(C)(C)C5CC[C@]43C)C12. The average molecular weight is 1080 g/mol. The van der Waals surface area contributed by atoms with Crippen LogP contribution in [0.1, 0.15) is 212 Å². The summed E-state index contributed by atoms with van der Waals surface area (Å²) < 4.78 is 14.4. The van der Waals surface area contributed by atoms with E-state index in [1.165, 1.54) is 75.4 Å². The van der Waals surface area contributed by atoms with Crippen molar-refractivity contribution in [3.8, 4) is 0 Å². The fourth-order valence-corrected chi connectivity index (χ4v) is 25.2. The molecule has 0 aromatic heterocycles. The molecule has 10 fully saturated rings. The summed E-state index contributed by atoms with van der Waals surface area (Å²) in [7, 11) is 8.57. The van der Waals surface area contributed by atoms with Crippen molar-refractivity contribution in [2.45, 2.75) is 224 Å². The number of hydrogen-bond acceptors (Lipinski definition) is 6. The Balaban J connectivity index is 0.727. The van der Waals surface area contributed by atoms with E-state index in [-0.39, 0.29) is 91.5 Å². The van der Waals surface area contributed by atoms with Crippen molar-refractivity contribution >= 4 is 11.9 Å². The van der Waals surface area contributed by atoms with Gasteiger partial charge in [-0.1, -0.05) is 93.5 Å². The molecule has 0 radical (unpaired) electrons. The smallest absolute Gasteiger partial charge is 0.362 e. The summed E-state index contributed by atoms with van der Waals surface area (Å²) in [4.78, 5) is 28.3. The van der Waals surface area contributed by atoms with Crippen LogP contribution in [0.5, 0.6) is 0 Å². The zero-order valence-electron chi connectivity index (χ0n) is 53.1. The van der Waals surface area contributed by atoms with Gasteiger partial charge in [-0.15, -0.1) is 13.2 Å². The topological polar surface area (TPSA) is 98.7 Å². The van der Waals surface area contributed by atoms with E-state index in [1.54, 1.807) is 0 Å². The number of allylic oxidation sites excluding steroid dienone is 2. The number of quaternary nitrogens is 2. The monoisotopic (exact) mass is 1080 g/mol. The molecule has 0 saturated heterocycles. The van der Waals surface area contributed by atoms with Crippen LogP contribution in [0.25, 0.3) is 0 Å². The molecule has 0 amide bonds. The first kappa shape index (κ1) is 59.4. The van der Waals surface area contributed by atoms with Gasteiger partial charge < -0.3 is 28.7 Å². The summed E-state index contributed by atoms with van der Waals surface area (Å²) in [5.74, 6) is 5.17. The van der Waals surface area contributed by atoms with Gasteiger partial charge in [0.05, 0.1) is 28.2 Å². The molecule has 10 aliphatic carbocycles. The summed E-state index contributed by atoms with van der Waals surface area (Å²) in [5, 5.41) is 26.2. The van der Waals surface area contributed by atoms with E-state index in [0.29, 0.717) is 81.2 Å². The van der Waals surface area contributed by atoms with Gasteiger partial charge in [0.15, 0.2) is 13.1 Å². The lowest BCUT2D eigenvalue weighted by atomic mass is 9.32. The molecule has 0 aromatic rings. The molecule has 10 saturated carbocycles. The number of fused-ring (bicyclic) bond motifs is 14. The lowest BCUT2D eigenvalue weighted by Gasteiger charge is -2.73. The van der Waals surface area contributed by atoms with Crippen LogP contribution in [-0.2, 0) is 19.1 Å². The highest BCUT2D eigenvalue weighted by Crippen LogP contribution is 2.80. The number of hydrogen-bond donors (Lipinski definition) is 0. The Labute approximate surface area is 477 Å². The highest BCUT2D eigenvalue weighted by molar-refractivity contribution is 5.71. The maximum Gasteiger partial charge on any atom is 0.362 e. The van der Waals surface area contributed by atoms with E-state index in [4.69, 9.17) is 9.47 Å². The standard InChI is InChI=1S/C70H116N2O6/c1-45(2)47-23-33-69(43-73)37-35-65(11)49(59(47)69)19-21-53-63(9)29-27-55(61(5,6)51(63)25-31-67(53,65)13)77-57(75)41-71(15,16)39-40-72(17,18)42-58(76)78-56-28-30-64(10)52(62(56,7)8)26-32-68(14)54(64)22-20-50-60-48(46(3)4)24-34-70(60,44-74)38-36-66(50,68)12/h47-56,59-60H,1,3,19-44H2,2,4-18H3/t47-,48-,49?,50?,51?,52?,53?,54?,55-,56-,59?,60?,63-,64-,65+,66+,67+,68+,69-,70-/m0/s1. The van der Waals surface area contributed by atoms with Crippen LogP contribution in [0, 0.1) is 113 Å². The second-order valence-electron chi connectivity index (χ2n) is 34.7. The predicted molar refractivity (Wildman–Crippen MR) is 311 cm³/mol. The fraction of sp³-hybridized carbons (Fsp3) is 0.914. The van der Waals surface area contributed by atoms with E-state index < -0.39 is 0 Å². The highest BCUT2D eigenvalue weighted by Gasteiger charge is 2.73. The molecular formula is C70H116N2O6. The molecule has 0 spiro atoms. The molecule has 442 valence electrons. The first-order valence-electron chi connectivity index (χ1n) is 32.6. The number of nitrogens with zero attached hydrogens (tertiary/aromatic N) is 2. The van der Waals surface area contributed by atoms with Gasteiger partial charge in [-0.25, -0.2) is 9.59 Å². The second-order valence-corrected chi connectivity index (χ2v) is 34.7. The summed E-state index contributed by atoms with van der Waals surface area (Å²) in [6.07, 6.45) is 22.6. The van der Waals surface area contributed by atoms with Crippen LogP contribution in [0.2, 0.25) is 0 Å². The normalized spacial score (nSPS) is 49.0. The minimum Gasteiger partial charge on any atom is -0.854 e. The summed E-state index contributed by atoms with van der Waals surface area (Å²) >= 11 is 0. The minimum absolute atomic E-state index is 0.0377. The third-order valence-electron chi connectivity index (χ3n) is 29.9. The van der Waals surface area contributed by atoms with Crippen LogP contribution in [0.4, 0.5) is 0 Å². The van der Waals surface area contributed by atoms with Crippen LogP contribution in [0.3, 0.4) is 0 Å². The molecule has 0 aromatic carbocycles. The molecule has 8 heteroatoms. The molecular weight excluding hydrogens is 965 g/mol. The molecule has 8 unspecified atom stereocenters. The molecule has 20 atom stereocenters. The third-order valence-corrected chi connectivity index (χ3v) is 29.9. The Bertz CT molecular complexity index is 2190. The molecule has 0 N–H and O–H groups in total. The first-order valence-corrected chi connectivity index (χ1v) is 32.6. The molecule has 10 aliphatic rings. The molecule has 10 rings (SSSR count). The lowest BCUT2D eigenvalue weighted by Crippen LogP contribution is -2.67. The lowest BCUT2D eigenvalue weighted by molar-refractivity contribution is -0.939. The number of ether oxygens (including phenoxy) is 2. The van der Waals surface area contributed by atoms with Crippen molar-refractivity contribution in [3.05, 3.63) is 24.3 Å². The van der Waals surface area contributed by atoms with Crippen molar-refractivity contribution in [1.82, 2.24) is 0 Å². The van der Waals surface area contributed by atoms with Crippen molar-refractivity contribution in [2.75, 3.05) is 67.6 Å². The molecule has 8 nitrogen and oxygen atoms in total. The molecule has 0 bridgehead atoms. The Kier molecular flexibility index (Phi) is 14.8. The Morgan fingerprint density at radius 2 is 0.808 bits per heavy atom. The van der Waals surface area contributed by atoms with Gasteiger partial charge in [0, 0.05) is 10.8 Å². The van der Waals surface area contributed by atoms with Gasteiger partial charge in [-0.05, 0) is 245 Å². The largest absolute Gasteiger partial charge is 0.854 e. The quantitative estimate of drug-likeness (QED) is 0.104. The summed E-state index contributed by atoms with van der Waals surface area (Å²) in [5.41, 5.74) is 3.53. The van der Waals surface area contributed by atoms with E-state index >= 15 is 0 Å². The number of esters is 2. The molecule has 0 aliphatic heterocycles. The number of carbonyl (C=O) groups is 2. The molecule has 78 heavy (non-hydrogen) atoms. The molecule has 0 heterocycles. The van der Waals surface area contributed by atoms with Crippen molar-refractivity contribution in [2.24, 2.45) is 113 Å². The zero-order chi connectivity index (χ0) is 57.0. The Hall–Kier alpha value is -1.74. The van der Waals surface area contributed by atoms with Gasteiger partial charge in [0.25, 0.3) is 0 Å². The maximum absolute atomic E-state index is 14.2. The zero-order valence-corrected chi connectivity index (χ0v) is 53.1. The second kappa shape index (κ2) is 19.4. The van der Waals surface area contributed by atoms with Crippen LogP contribution < -0.4 is 10.2 Å². The van der Waals surface area contributed by atoms with Crippen molar-refractivity contribution in [3.63, 3.8) is 0 Å². The predicted octanol–water partition coefficient (Wildman–Crippen LogP) is 13.0. The van der Waals surface area contributed by atoms with Gasteiger partial charge >= 0.3 is 11.9 Å². The average Bonchev–Trinajstić information content (AvgIpc) is 2.65. The van der Waals surface area contributed by atoms with E-state index in [0.717, 1.165) is 77.3 Å². The van der Waals surface area contributed by atoms with Crippen LogP contribution in [0.15, 0.2) is 24.3 Å². The Morgan fingerprint density at radius 3 is 1.14 bits per heavy atom. The Morgan fingerprint density at radius 1 is 0.449 bits per heavy atom. The van der Waals surface area contributed by atoms with Crippen molar-refractivity contribution in [1.29, 1.82) is 0 Å². The van der Waals surface area contributed by atoms with Crippen LogP contribution in [-0.4, -0.2) is 101 Å². The number of carbonyl (C=O) groups excluding carboxylic acids is 2. The third kappa shape index (κ3) is 8.60. The maximum atomic E-state index is 14.2. The van der Waals surface area contributed by atoms with Crippen molar-refractivity contribution < 1.29 is 38.2 Å². The van der Waals surface area contributed by atoms with E-state index in [9.17, 15) is 19.8 Å². The number of rotatable bonds is 13. The minimum atomic E-state index is -0.132. The summed E-state index contributed by atoms with van der Waals surface area (Å²) in [6.45, 7) is 41.3. The highest BCUT2D eigenvalue weighted by atomic mass is 16.6.